The van der Waals surface area contributed by atoms with Gasteiger partial charge in [0.1, 0.15) is 0 Å². The quantitative estimate of drug-likeness (QED) is 0.487. The van der Waals surface area contributed by atoms with Crippen LogP contribution in [0.25, 0.3) is 0 Å². The van der Waals surface area contributed by atoms with Crippen LogP contribution >= 0.6 is 23.2 Å². The van der Waals surface area contributed by atoms with E-state index in [-0.39, 0.29) is 42.7 Å². The minimum atomic E-state index is -1.20. The van der Waals surface area contributed by atoms with Crippen molar-refractivity contribution in [3.8, 4) is 0 Å². The van der Waals surface area contributed by atoms with Crippen LogP contribution < -0.4 is 10.6 Å². The number of aliphatic carboxylic acids is 1. The van der Waals surface area contributed by atoms with Crippen LogP contribution in [0.4, 0.5) is 0 Å². The number of carboxylic acid groups (broad SMARTS) is 1. The van der Waals surface area contributed by atoms with Gasteiger partial charge in [-0.25, -0.2) is 0 Å². The summed E-state index contributed by atoms with van der Waals surface area (Å²) in [6.07, 6.45) is 0.507. The van der Waals surface area contributed by atoms with Crippen LogP contribution in [0, 0.1) is 11.3 Å². The molecule has 1 saturated heterocycles. The highest BCUT2D eigenvalue weighted by Gasteiger charge is 2.53. The molecule has 0 spiro atoms. The lowest BCUT2D eigenvalue weighted by Gasteiger charge is -2.47. The first-order chi connectivity index (χ1) is 15.7. The first kappa shape index (κ1) is 25.1. The van der Waals surface area contributed by atoms with Gasteiger partial charge in [-0.3, -0.25) is 14.4 Å². The monoisotopic (exact) mass is 490 g/mol. The number of carboxylic acids is 1. The molecule has 2 amide bonds. The van der Waals surface area contributed by atoms with Gasteiger partial charge in [0.05, 0.1) is 17.9 Å². The summed E-state index contributed by atoms with van der Waals surface area (Å²) in [6.45, 7) is 3.53. The van der Waals surface area contributed by atoms with Crippen molar-refractivity contribution in [1.29, 1.82) is 0 Å². The van der Waals surface area contributed by atoms with Gasteiger partial charge in [0.25, 0.3) is 0 Å². The van der Waals surface area contributed by atoms with Gasteiger partial charge in [0, 0.05) is 29.4 Å². The normalized spacial score (nSPS) is 23.5. The van der Waals surface area contributed by atoms with Gasteiger partial charge in [-0.05, 0) is 47.7 Å². The van der Waals surface area contributed by atoms with E-state index in [1.807, 2.05) is 37.3 Å². The fourth-order valence-electron chi connectivity index (χ4n) is 4.94. The minimum Gasteiger partial charge on any atom is -0.481 e. The number of carbonyl (C=O) groups is 3. The number of nitrogens with one attached hydrogen (secondary N) is 2. The fourth-order valence-corrected chi connectivity index (χ4v) is 5.26. The van der Waals surface area contributed by atoms with Crippen molar-refractivity contribution in [1.82, 2.24) is 10.6 Å². The molecule has 176 valence electrons. The molecule has 3 rings (SSSR count). The van der Waals surface area contributed by atoms with E-state index in [2.05, 4.69) is 10.6 Å². The Balaban J connectivity index is 2.10. The molecule has 6 nitrogen and oxygen atoms in total. The first-order valence-corrected chi connectivity index (χ1v) is 11.7. The first-order valence-electron chi connectivity index (χ1n) is 10.9. The van der Waals surface area contributed by atoms with E-state index in [4.69, 9.17) is 23.2 Å². The summed E-state index contributed by atoms with van der Waals surface area (Å²) in [5, 5.41) is 16.8. The molecule has 0 saturated carbocycles. The SMILES string of the molecule is CC[C@H](CNC(C)=O)[C@]1(CC(=O)O)C[C@H](c2cccc(Cl)c2)[C@@H](c2ccc(Cl)cc2)NC1=O. The maximum Gasteiger partial charge on any atom is 0.304 e. The highest BCUT2D eigenvalue weighted by Crippen LogP contribution is 2.51. The zero-order valence-corrected chi connectivity index (χ0v) is 20.1. The molecule has 1 aliphatic heterocycles. The molecular weight excluding hydrogens is 463 g/mol. The van der Waals surface area contributed by atoms with Crippen molar-refractivity contribution in [3.05, 3.63) is 69.7 Å². The van der Waals surface area contributed by atoms with Crippen LogP contribution in [0.1, 0.15) is 56.2 Å². The summed E-state index contributed by atoms with van der Waals surface area (Å²) < 4.78 is 0. The van der Waals surface area contributed by atoms with Crippen molar-refractivity contribution < 1.29 is 19.5 Å². The number of amides is 2. The van der Waals surface area contributed by atoms with Gasteiger partial charge < -0.3 is 15.7 Å². The zero-order chi connectivity index (χ0) is 24.2. The van der Waals surface area contributed by atoms with Crippen LogP contribution in [0.15, 0.2) is 48.5 Å². The lowest BCUT2D eigenvalue weighted by Crippen LogP contribution is -2.56. The van der Waals surface area contributed by atoms with Gasteiger partial charge in [-0.1, -0.05) is 60.8 Å². The highest BCUT2D eigenvalue weighted by molar-refractivity contribution is 6.30. The predicted molar refractivity (Wildman–Crippen MR) is 128 cm³/mol. The molecular formula is C25H28Cl2N2O4. The van der Waals surface area contributed by atoms with E-state index in [9.17, 15) is 19.5 Å². The number of hydrogen-bond donors (Lipinski definition) is 3. The summed E-state index contributed by atoms with van der Waals surface area (Å²) >= 11 is 12.4. The smallest absolute Gasteiger partial charge is 0.304 e. The summed E-state index contributed by atoms with van der Waals surface area (Å²) in [5.41, 5.74) is 0.585. The van der Waals surface area contributed by atoms with Crippen LogP contribution in [-0.4, -0.2) is 29.4 Å². The van der Waals surface area contributed by atoms with Gasteiger partial charge >= 0.3 is 5.97 Å². The summed E-state index contributed by atoms with van der Waals surface area (Å²) in [5.74, 6) is -2.18. The van der Waals surface area contributed by atoms with E-state index in [1.54, 1.807) is 18.2 Å². The summed E-state index contributed by atoms with van der Waals surface area (Å²) in [4.78, 5) is 37.2. The predicted octanol–water partition coefficient (Wildman–Crippen LogP) is 4.96. The Kier molecular flexibility index (Phi) is 8.03. The average molecular weight is 491 g/mol. The van der Waals surface area contributed by atoms with E-state index in [0.29, 0.717) is 22.9 Å². The number of piperidine rings is 1. The van der Waals surface area contributed by atoms with E-state index >= 15 is 0 Å². The summed E-state index contributed by atoms with van der Waals surface area (Å²) in [6, 6.07) is 14.3. The lowest BCUT2D eigenvalue weighted by atomic mass is 9.61. The molecule has 1 fully saturated rings. The molecule has 0 aliphatic carbocycles. The molecule has 0 aromatic heterocycles. The van der Waals surface area contributed by atoms with Crippen molar-refractivity contribution in [2.45, 2.75) is 45.1 Å². The Bertz CT molecular complexity index is 1030. The van der Waals surface area contributed by atoms with Crippen molar-refractivity contribution in [2.75, 3.05) is 6.54 Å². The molecule has 0 radical (unpaired) electrons. The Labute approximate surface area is 203 Å². The van der Waals surface area contributed by atoms with Crippen molar-refractivity contribution in [3.63, 3.8) is 0 Å². The molecule has 2 aromatic carbocycles. The van der Waals surface area contributed by atoms with Gasteiger partial charge in [-0.15, -0.1) is 0 Å². The van der Waals surface area contributed by atoms with E-state index in [0.717, 1.165) is 11.1 Å². The average Bonchev–Trinajstić information content (AvgIpc) is 2.75. The third-order valence-corrected chi connectivity index (χ3v) is 7.06. The molecule has 33 heavy (non-hydrogen) atoms. The Hall–Kier alpha value is -2.57. The Morgan fingerprint density at radius 1 is 1.15 bits per heavy atom. The third-order valence-electron chi connectivity index (χ3n) is 6.57. The third kappa shape index (κ3) is 5.68. The van der Waals surface area contributed by atoms with Gasteiger partial charge in [0.15, 0.2) is 0 Å². The lowest BCUT2D eigenvalue weighted by molar-refractivity contribution is -0.152. The molecule has 0 bridgehead atoms. The maximum atomic E-state index is 13.7. The maximum absolute atomic E-state index is 13.7. The van der Waals surface area contributed by atoms with Gasteiger partial charge in [0.2, 0.25) is 11.8 Å². The second kappa shape index (κ2) is 10.6. The molecule has 2 aromatic rings. The molecule has 1 heterocycles. The van der Waals surface area contributed by atoms with Crippen LogP contribution in [-0.2, 0) is 14.4 Å². The van der Waals surface area contributed by atoms with Crippen LogP contribution in [0.3, 0.4) is 0 Å². The summed E-state index contributed by atoms with van der Waals surface area (Å²) in [7, 11) is 0. The Morgan fingerprint density at radius 3 is 2.42 bits per heavy atom. The number of carbonyl (C=O) groups excluding carboxylic acids is 2. The number of hydrogen-bond acceptors (Lipinski definition) is 3. The Morgan fingerprint density at radius 2 is 1.85 bits per heavy atom. The number of rotatable bonds is 8. The number of halogens is 2. The topological polar surface area (TPSA) is 95.5 Å². The second-order valence-electron chi connectivity index (χ2n) is 8.64. The zero-order valence-electron chi connectivity index (χ0n) is 18.6. The van der Waals surface area contributed by atoms with Crippen LogP contribution in [0.5, 0.6) is 0 Å². The molecule has 0 unspecified atom stereocenters. The molecule has 8 heteroatoms. The largest absolute Gasteiger partial charge is 0.481 e. The fraction of sp³-hybridized carbons (Fsp3) is 0.400. The number of benzene rings is 2. The molecule has 4 atom stereocenters. The van der Waals surface area contributed by atoms with E-state index in [1.165, 1.54) is 6.92 Å². The van der Waals surface area contributed by atoms with Crippen molar-refractivity contribution >= 4 is 41.0 Å². The standard InChI is InChI=1S/C25H28Cl2N2O4/c1-3-18(14-28-15(2)30)25(13-22(31)32)12-21(17-5-4-6-20(27)11-17)23(29-24(25)33)16-7-9-19(26)10-8-16/h4-11,18,21,23H,3,12-14H2,1-2H3,(H,28,30)(H,29,33)(H,31,32)/t18-,21-,23-,25-/m1/s1. The minimum absolute atomic E-state index is 0.222. The van der Waals surface area contributed by atoms with Crippen LogP contribution in [0.2, 0.25) is 10.0 Å². The molecule has 1 aliphatic rings. The van der Waals surface area contributed by atoms with E-state index < -0.39 is 11.4 Å². The van der Waals surface area contributed by atoms with Crippen molar-refractivity contribution in [2.24, 2.45) is 11.3 Å². The molecule has 3 N–H and O–H groups in total. The highest BCUT2D eigenvalue weighted by atomic mass is 35.5. The van der Waals surface area contributed by atoms with Gasteiger partial charge in [-0.2, -0.15) is 0 Å². The second-order valence-corrected chi connectivity index (χ2v) is 9.51.